The Kier molecular flexibility index (Phi) is 4.75. The van der Waals surface area contributed by atoms with E-state index in [4.69, 9.17) is 4.74 Å². The van der Waals surface area contributed by atoms with Crippen LogP contribution in [-0.4, -0.2) is 35.8 Å². The molecule has 0 N–H and O–H groups in total. The van der Waals surface area contributed by atoms with Gasteiger partial charge in [0.15, 0.2) is 5.54 Å². The van der Waals surface area contributed by atoms with Crippen LogP contribution in [0.15, 0.2) is 59.5 Å². The van der Waals surface area contributed by atoms with E-state index in [-0.39, 0.29) is 17.2 Å². The van der Waals surface area contributed by atoms with E-state index in [0.29, 0.717) is 5.56 Å². The van der Waals surface area contributed by atoms with Crippen molar-refractivity contribution in [2.24, 2.45) is 0 Å². The molecular weight excluding hydrogens is 372 g/mol. The summed E-state index contributed by atoms with van der Waals surface area (Å²) in [6.07, 6.45) is 0. The number of benzene rings is 2. The highest BCUT2D eigenvalue weighted by atomic mass is 32.2. The third-order valence-electron chi connectivity index (χ3n) is 4.57. The number of ether oxygens (including phenoxy) is 1. The molecule has 0 aromatic heterocycles. The number of sulfonamides is 1. The Morgan fingerprint density at radius 1 is 1.19 bits per heavy atom. The van der Waals surface area contributed by atoms with E-state index in [1.807, 2.05) is 0 Å². The van der Waals surface area contributed by atoms with E-state index in [1.165, 1.54) is 19.1 Å². The smallest absolute Gasteiger partial charge is 0.329 e. The van der Waals surface area contributed by atoms with Crippen LogP contribution >= 0.6 is 0 Å². The summed E-state index contributed by atoms with van der Waals surface area (Å²) < 4.78 is 32.5. The summed E-state index contributed by atoms with van der Waals surface area (Å²) in [5.41, 5.74) is -0.927. The number of nitro benzene ring substituents is 1. The average Bonchev–Trinajstić information content (AvgIpc) is 3.31. The van der Waals surface area contributed by atoms with Crippen molar-refractivity contribution >= 4 is 21.7 Å². The van der Waals surface area contributed by atoms with E-state index in [1.54, 1.807) is 37.3 Å². The van der Waals surface area contributed by atoms with Gasteiger partial charge in [-0.1, -0.05) is 30.3 Å². The Labute approximate surface area is 156 Å². The van der Waals surface area contributed by atoms with Crippen LogP contribution in [0.1, 0.15) is 25.5 Å². The fraction of sp³-hybridized carbons (Fsp3) is 0.278. The summed E-state index contributed by atoms with van der Waals surface area (Å²) in [5, 5.41) is 10.8. The van der Waals surface area contributed by atoms with Crippen molar-refractivity contribution in [2.75, 3.05) is 6.61 Å². The van der Waals surface area contributed by atoms with Crippen LogP contribution in [0.2, 0.25) is 0 Å². The van der Waals surface area contributed by atoms with E-state index >= 15 is 0 Å². The van der Waals surface area contributed by atoms with Crippen LogP contribution in [0.4, 0.5) is 5.69 Å². The number of carbonyl (C=O) groups excluding carboxylic acids is 1. The second-order valence-corrected chi connectivity index (χ2v) is 8.05. The minimum Gasteiger partial charge on any atom is -0.465 e. The summed E-state index contributed by atoms with van der Waals surface area (Å²) in [6.45, 7) is 3.29. The van der Waals surface area contributed by atoms with Gasteiger partial charge in [-0.15, -0.1) is 0 Å². The third kappa shape index (κ3) is 3.08. The molecule has 0 radical (unpaired) electrons. The largest absolute Gasteiger partial charge is 0.465 e. The number of nitrogens with zero attached hydrogens (tertiary/aromatic N) is 2. The minimum absolute atomic E-state index is 0.123. The van der Waals surface area contributed by atoms with Crippen LogP contribution in [0.3, 0.4) is 0 Å². The molecule has 142 valence electrons. The second kappa shape index (κ2) is 6.75. The van der Waals surface area contributed by atoms with E-state index in [9.17, 15) is 23.3 Å². The van der Waals surface area contributed by atoms with Crippen molar-refractivity contribution < 1.29 is 22.9 Å². The molecule has 1 heterocycles. The molecule has 1 fully saturated rings. The van der Waals surface area contributed by atoms with Crippen molar-refractivity contribution in [2.45, 2.75) is 30.3 Å². The number of non-ortho nitro benzene ring substituents is 1. The van der Waals surface area contributed by atoms with Crippen LogP contribution in [0, 0.1) is 10.1 Å². The molecule has 0 bridgehead atoms. The second-order valence-electron chi connectivity index (χ2n) is 6.23. The predicted molar refractivity (Wildman–Crippen MR) is 96.3 cm³/mol. The molecule has 9 heteroatoms. The molecule has 0 spiro atoms. The highest BCUT2D eigenvalue weighted by Gasteiger charge is 2.71. The highest BCUT2D eigenvalue weighted by Crippen LogP contribution is 2.57. The van der Waals surface area contributed by atoms with Crippen LogP contribution in [0.5, 0.6) is 0 Å². The molecular formula is C18H18N2O6S. The van der Waals surface area contributed by atoms with Crippen molar-refractivity contribution in [3.63, 3.8) is 0 Å². The Hall–Kier alpha value is -2.78. The summed E-state index contributed by atoms with van der Waals surface area (Å²) in [4.78, 5) is 22.6. The molecule has 0 aliphatic carbocycles. The standard InChI is InChI=1S/C18H18N2O6S/c1-3-26-17(21)18(2)16(13-7-5-4-6-8-13)19(18)27(24,25)15-11-9-14(10-12-15)20(22)23/h4-12,16H,3H2,1-2H3. The molecule has 3 atom stereocenters. The molecule has 0 saturated carbocycles. The molecule has 0 amide bonds. The van der Waals surface area contributed by atoms with Crippen LogP contribution in [0.25, 0.3) is 0 Å². The lowest BCUT2D eigenvalue weighted by Crippen LogP contribution is -2.31. The normalized spacial score (nSPS) is 24.2. The maximum atomic E-state index is 13.1. The number of nitro groups is 1. The van der Waals surface area contributed by atoms with Crippen LogP contribution in [-0.2, 0) is 19.6 Å². The molecule has 1 saturated heterocycles. The Balaban J connectivity index is 2.03. The summed E-state index contributed by atoms with van der Waals surface area (Å²) >= 11 is 0. The number of carbonyl (C=O) groups is 1. The molecule has 1 aliphatic rings. The lowest BCUT2D eigenvalue weighted by atomic mass is 10.0. The monoisotopic (exact) mass is 390 g/mol. The minimum atomic E-state index is -4.07. The van der Waals surface area contributed by atoms with Gasteiger partial charge in [0.1, 0.15) is 0 Å². The average molecular weight is 390 g/mol. The molecule has 2 aromatic carbocycles. The molecule has 3 rings (SSSR count). The third-order valence-corrected chi connectivity index (χ3v) is 6.54. The van der Waals surface area contributed by atoms with Gasteiger partial charge in [0.25, 0.3) is 5.69 Å². The first-order valence-electron chi connectivity index (χ1n) is 8.25. The Bertz CT molecular complexity index is 975. The Morgan fingerprint density at radius 3 is 2.30 bits per heavy atom. The Morgan fingerprint density at radius 2 is 1.78 bits per heavy atom. The molecule has 8 nitrogen and oxygen atoms in total. The first kappa shape index (κ1) is 19.0. The van der Waals surface area contributed by atoms with Gasteiger partial charge in [-0.2, -0.15) is 4.31 Å². The topological polar surface area (TPSA) is 107 Å². The van der Waals surface area contributed by atoms with E-state index in [0.717, 1.165) is 16.4 Å². The zero-order valence-electron chi connectivity index (χ0n) is 14.7. The van der Waals surface area contributed by atoms with Gasteiger partial charge in [-0.3, -0.25) is 10.1 Å². The lowest BCUT2D eigenvalue weighted by Gasteiger charge is -2.11. The summed E-state index contributed by atoms with van der Waals surface area (Å²) in [6, 6.07) is 12.7. The van der Waals surface area contributed by atoms with Gasteiger partial charge in [-0.05, 0) is 31.5 Å². The molecule has 1 aliphatic heterocycles. The number of hydrogen-bond donors (Lipinski definition) is 0. The molecule has 2 aromatic rings. The van der Waals surface area contributed by atoms with Crippen molar-refractivity contribution in [1.82, 2.24) is 4.31 Å². The van der Waals surface area contributed by atoms with Gasteiger partial charge < -0.3 is 4.74 Å². The predicted octanol–water partition coefficient (Wildman–Crippen LogP) is 2.66. The van der Waals surface area contributed by atoms with Crippen molar-refractivity contribution in [3.05, 3.63) is 70.3 Å². The van der Waals surface area contributed by atoms with Crippen molar-refractivity contribution in [1.29, 1.82) is 0 Å². The van der Waals surface area contributed by atoms with Gasteiger partial charge in [0, 0.05) is 12.1 Å². The fourth-order valence-electron chi connectivity index (χ4n) is 3.18. The van der Waals surface area contributed by atoms with Gasteiger partial charge in [0.05, 0.1) is 22.5 Å². The van der Waals surface area contributed by atoms with Crippen LogP contribution < -0.4 is 0 Å². The van der Waals surface area contributed by atoms with Crippen molar-refractivity contribution in [3.8, 4) is 0 Å². The molecule has 27 heavy (non-hydrogen) atoms. The van der Waals surface area contributed by atoms with Gasteiger partial charge in [0.2, 0.25) is 10.0 Å². The summed E-state index contributed by atoms with van der Waals surface area (Å²) in [5.74, 6) is -0.635. The SMILES string of the molecule is CCOC(=O)C1(C)C(c2ccccc2)N1S(=O)(=O)c1ccc([N+](=O)[O-])cc1. The lowest BCUT2D eigenvalue weighted by molar-refractivity contribution is -0.384. The number of hydrogen-bond acceptors (Lipinski definition) is 6. The van der Waals surface area contributed by atoms with E-state index < -0.39 is 32.5 Å². The number of esters is 1. The summed E-state index contributed by atoms with van der Waals surface area (Å²) in [7, 11) is -4.07. The maximum Gasteiger partial charge on any atom is 0.329 e. The van der Waals surface area contributed by atoms with Gasteiger partial charge >= 0.3 is 5.97 Å². The number of rotatable bonds is 6. The molecule has 3 unspecified atom stereocenters. The zero-order chi connectivity index (χ0) is 19.8. The first-order valence-corrected chi connectivity index (χ1v) is 9.69. The zero-order valence-corrected chi connectivity index (χ0v) is 15.5. The van der Waals surface area contributed by atoms with Gasteiger partial charge in [-0.25, -0.2) is 13.2 Å². The maximum absolute atomic E-state index is 13.1. The fourth-order valence-corrected chi connectivity index (χ4v) is 5.11. The quantitative estimate of drug-likeness (QED) is 0.325. The highest BCUT2D eigenvalue weighted by molar-refractivity contribution is 7.89. The van der Waals surface area contributed by atoms with E-state index in [2.05, 4.69) is 0 Å². The first-order chi connectivity index (χ1) is 12.7.